The van der Waals surface area contributed by atoms with Gasteiger partial charge in [-0.1, -0.05) is 60.2 Å². The van der Waals surface area contributed by atoms with E-state index in [0.717, 1.165) is 23.4 Å². The third kappa shape index (κ3) is 6.19. The first kappa shape index (κ1) is 20.6. The number of aliphatic imine (C=N–C) groups is 1. The van der Waals surface area contributed by atoms with Gasteiger partial charge in [0.25, 0.3) is 0 Å². The van der Waals surface area contributed by atoms with Crippen LogP contribution in [0.2, 0.25) is 0 Å². The fourth-order valence-corrected chi connectivity index (χ4v) is 2.89. The summed E-state index contributed by atoms with van der Waals surface area (Å²) in [6.45, 7) is 5.74. The minimum absolute atomic E-state index is 0.336. The number of aliphatic hydroxyl groups is 1. The number of hydrogen-bond donors (Lipinski definition) is 3. The van der Waals surface area contributed by atoms with Crippen molar-refractivity contribution in [1.29, 1.82) is 0 Å². The molecule has 1 unspecified atom stereocenters. The number of aromatic nitrogens is 1. The molecule has 29 heavy (non-hydrogen) atoms. The molecule has 1 aromatic heterocycles. The quantitative estimate of drug-likeness (QED) is 0.401. The van der Waals surface area contributed by atoms with Crippen LogP contribution in [0.3, 0.4) is 0 Å². The van der Waals surface area contributed by atoms with Gasteiger partial charge in [-0.15, -0.1) is 0 Å². The second kappa shape index (κ2) is 10.4. The van der Waals surface area contributed by atoms with E-state index in [9.17, 15) is 5.11 Å². The molecule has 6 nitrogen and oxygen atoms in total. The average Bonchev–Trinajstić information content (AvgIpc) is 3.22. The molecule has 0 saturated heterocycles. The van der Waals surface area contributed by atoms with E-state index in [4.69, 9.17) is 4.42 Å². The topological polar surface area (TPSA) is 82.7 Å². The summed E-state index contributed by atoms with van der Waals surface area (Å²) in [5.41, 5.74) is 3.12. The highest BCUT2D eigenvalue weighted by molar-refractivity contribution is 5.79. The van der Waals surface area contributed by atoms with Gasteiger partial charge in [-0.05, 0) is 25.8 Å². The molecule has 1 atom stereocenters. The van der Waals surface area contributed by atoms with Gasteiger partial charge in [0.15, 0.2) is 11.7 Å². The summed E-state index contributed by atoms with van der Waals surface area (Å²) in [7, 11) is 0. The zero-order valence-corrected chi connectivity index (χ0v) is 16.9. The van der Waals surface area contributed by atoms with Crippen LogP contribution in [0.25, 0.3) is 11.3 Å². The molecule has 0 amide bonds. The average molecular weight is 393 g/mol. The van der Waals surface area contributed by atoms with Crippen molar-refractivity contribution in [1.82, 2.24) is 15.6 Å². The summed E-state index contributed by atoms with van der Waals surface area (Å²) in [4.78, 5) is 8.86. The highest BCUT2D eigenvalue weighted by Crippen LogP contribution is 2.21. The zero-order chi connectivity index (χ0) is 20.5. The Bertz CT molecular complexity index is 904. The number of nitrogens with zero attached hydrogens (tertiary/aromatic N) is 2. The second-order valence-electron chi connectivity index (χ2n) is 6.82. The van der Waals surface area contributed by atoms with Crippen molar-refractivity contribution in [3.63, 3.8) is 0 Å². The predicted molar refractivity (Wildman–Crippen MR) is 116 cm³/mol. The van der Waals surface area contributed by atoms with E-state index in [-0.39, 0.29) is 0 Å². The van der Waals surface area contributed by atoms with Crippen LogP contribution in [0.1, 0.15) is 36.5 Å². The van der Waals surface area contributed by atoms with Crippen molar-refractivity contribution in [2.45, 2.75) is 32.9 Å². The lowest BCUT2D eigenvalue weighted by Gasteiger charge is -2.14. The number of aryl methyl sites for hydroxylation is 1. The van der Waals surface area contributed by atoms with Gasteiger partial charge in [-0.2, -0.15) is 0 Å². The van der Waals surface area contributed by atoms with Crippen LogP contribution in [0.15, 0.2) is 70.2 Å². The molecule has 2 aromatic carbocycles. The lowest BCUT2D eigenvalue weighted by molar-refractivity contribution is 0.168. The third-order valence-electron chi connectivity index (χ3n) is 4.50. The summed E-state index contributed by atoms with van der Waals surface area (Å²) in [6.07, 6.45) is 1.81. The van der Waals surface area contributed by atoms with E-state index in [0.29, 0.717) is 31.4 Å². The van der Waals surface area contributed by atoms with Gasteiger partial charge in [-0.25, -0.2) is 9.98 Å². The van der Waals surface area contributed by atoms with Crippen LogP contribution in [-0.4, -0.2) is 29.1 Å². The third-order valence-corrected chi connectivity index (χ3v) is 4.50. The Balaban J connectivity index is 1.54. The molecular formula is C23H28N4O2. The first-order valence-electron chi connectivity index (χ1n) is 9.92. The first-order valence-corrected chi connectivity index (χ1v) is 9.92. The van der Waals surface area contributed by atoms with Crippen molar-refractivity contribution < 1.29 is 9.52 Å². The number of nitrogens with one attached hydrogen (secondary N) is 2. The Morgan fingerprint density at radius 2 is 1.86 bits per heavy atom. The van der Waals surface area contributed by atoms with Gasteiger partial charge >= 0.3 is 0 Å². The Labute approximate surface area is 171 Å². The molecule has 0 aliphatic heterocycles. The highest BCUT2D eigenvalue weighted by atomic mass is 16.4. The smallest absolute Gasteiger partial charge is 0.216 e. The number of benzene rings is 2. The Morgan fingerprint density at radius 3 is 2.59 bits per heavy atom. The summed E-state index contributed by atoms with van der Waals surface area (Å²) < 4.78 is 5.82. The summed E-state index contributed by atoms with van der Waals surface area (Å²) >= 11 is 0. The zero-order valence-electron chi connectivity index (χ0n) is 16.9. The minimum atomic E-state index is -0.504. The second-order valence-corrected chi connectivity index (χ2v) is 6.82. The van der Waals surface area contributed by atoms with Crippen LogP contribution in [0, 0.1) is 6.92 Å². The number of guanidine groups is 1. The van der Waals surface area contributed by atoms with Crippen molar-refractivity contribution >= 4 is 5.96 Å². The SMILES string of the molecule is CCNC(=NCc1ncc(-c2ccc(C)cc2)o1)NCCC(O)c1ccccc1. The fraction of sp³-hybridized carbons (Fsp3) is 0.304. The Morgan fingerprint density at radius 1 is 1.10 bits per heavy atom. The molecule has 3 rings (SSSR count). The summed E-state index contributed by atoms with van der Waals surface area (Å²) in [5.74, 6) is 1.96. The standard InChI is InChI=1S/C23H28N4O2/c1-3-24-23(25-14-13-20(28)18-7-5-4-6-8-18)27-16-22-26-15-21(29-22)19-11-9-17(2)10-12-19/h4-12,15,20,28H,3,13-14,16H2,1-2H3,(H2,24,25,27). The molecule has 0 bridgehead atoms. The normalized spacial score (nSPS) is 12.6. The van der Waals surface area contributed by atoms with Crippen LogP contribution >= 0.6 is 0 Å². The predicted octanol–water partition coefficient (Wildman–Crippen LogP) is 3.83. The van der Waals surface area contributed by atoms with E-state index >= 15 is 0 Å². The van der Waals surface area contributed by atoms with Crippen LogP contribution in [0.5, 0.6) is 0 Å². The Hall–Kier alpha value is -3.12. The largest absolute Gasteiger partial charge is 0.439 e. The number of aliphatic hydroxyl groups excluding tert-OH is 1. The monoisotopic (exact) mass is 392 g/mol. The molecular weight excluding hydrogens is 364 g/mol. The fourth-order valence-electron chi connectivity index (χ4n) is 2.89. The maximum Gasteiger partial charge on any atom is 0.216 e. The first-order chi connectivity index (χ1) is 14.2. The molecule has 0 radical (unpaired) electrons. The molecule has 0 saturated carbocycles. The number of oxazole rings is 1. The van der Waals surface area contributed by atoms with Crippen LogP contribution in [0.4, 0.5) is 0 Å². The van der Waals surface area contributed by atoms with E-state index < -0.39 is 6.10 Å². The van der Waals surface area contributed by atoms with E-state index in [1.807, 2.05) is 61.5 Å². The van der Waals surface area contributed by atoms with Crippen molar-refractivity contribution in [3.05, 3.63) is 77.8 Å². The van der Waals surface area contributed by atoms with Crippen molar-refractivity contribution in [2.24, 2.45) is 4.99 Å². The molecule has 3 aromatic rings. The number of hydrogen-bond acceptors (Lipinski definition) is 4. The molecule has 0 aliphatic carbocycles. The van der Waals surface area contributed by atoms with Crippen molar-refractivity contribution in [2.75, 3.05) is 13.1 Å². The maximum absolute atomic E-state index is 10.3. The summed E-state index contributed by atoms with van der Waals surface area (Å²) in [6, 6.07) is 17.8. The van der Waals surface area contributed by atoms with E-state index in [1.165, 1.54) is 5.56 Å². The van der Waals surface area contributed by atoms with E-state index in [2.05, 4.69) is 27.5 Å². The molecule has 0 fully saturated rings. The number of rotatable bonds is 8. The molecule has 1 heterocycles. The highest BCUT2D eigenvalue weighted by Gasteiger charge is 2.08. The molecule has 152 valence electrons. The molecule has 3 N–H and O–H groups in total. The van der Waals surface area contributed by atoms with Gasteiger partial charge in [0.1, 0.15) is 6.54 Å². The minimum Gasteiger partial charge on any atom is -0.439 e. The van der Waals surface area contributed by atoms with Crippen molar-refractivity contribution in [3.8, 4) is 11.3 Å². The van der Waals surface area contributed by atoms with Crippen LogP contribution in [-0.2, 0) is 6.54 Å². The lowest BCUT2D eigenvalue weighted by atomic mass is 10.1. The summed E-state index contributed by atoms with van der Waals surface area (Å²) in [5, 5.41) is 16.7. The molecule has 6 heteroatoms. The maximum atomic E-state index is 10.3. The van der Waals surface area contributed by atoms with Gasteiger partial charge in [0, 0.05) is 18.7 Å². The van der Waals surface area contributed by atoms with Gasteiger partial charge in [-0.3, -0.25) is 0 Å². The molecule has 0 aliphatic rings. The van der Waals surface area contributed by atoms with Gasteiger partial charge in [0.05, 0.1) is 12.3 Å². The lowest BCUT2D eigenvalue weighted by Crippen LogP contribution is -2.38. The Kier molecular flexibility index (Phi) is 7.41. The van der Waals surface area contributed by atoms with E-state index in [1.54, 1.807) is 6.20 Å². The van der Waals surface area contributed by atoms with Crippen LogP contribution < -0.4 is 10.6 Å². The van der Waals surface area contributed by atoms with Gasteiger partial charge < -0.3 is 20.2 Å². The van der Waals surface area contributed by atoms with Gasteiger partial charge in [0.2, 0.25) is 5.89 Å². The molecule has 0 spiro atoms.